The number of aliphatic hydroxyl groups excluding tert-OH is 2. The molecule has 3 nitrogen and oxygen atoms in total. The summed E-state index contributed by atoms with van der Waals surface area (Å²) in [5, 5.41) is 17.7. The molecule has 0 heterocycles. The van der Waals surface area contributed by atoms with Crippen LogP contribution in [0.1, 0.15) is 13.8 Å². The van der Waals surface area contributed by atoms with E-state index in [1.54, 1.807) is 6.92 Å². The summed E-state index contributed by atoms with van der Waals surface area (Å²) >= 11 is 0. The number of hydrogen-bond donors (Lipinski definition) is 2. The fourth-order valence-electron chi connectivity index (χ4n) is 0.695. The van der Waals surface area contributed by atoms with E-state index in [0.29, 0.717) is 5.57 Å². The van der Waals surface area contributed by atoms with Crippen LogP contribution in [0.15, 0.2) is 23.8 Å². The average molecular weight is 170 g/mol. The van der Waals surface area contributed by atoms with E-state index in [1.807, 2.05) is 0 Å². The lowest BCUT2D eigenvalue weighted by atomic mass is 10.2. The van der Waals surface area contributed by atoms with Crippen LogP contribution >= 0.6 is 0 Å². The van der Waals surface area contributed by atoms with Crippen molar-refractivity contribution < 1.29 is 15.0 Å². The van der Waals surface area contributed by atoms with E-state index in [1.165, 1.54) is 25.2 Å². The maximum Gasteiger partial charge on any atom is 0.152 e. The molecule has 12 heavy (non-hydrogen) atoms. The highest BCUT2D eigenvalue weighted by Crippen LogP contribution is 1.98. The summed E-state index contributed by atoms with van der Waals surface area (Å²) < 4.78 is 0. The van der Waals surface area contributed by atoms with Crippen LogP contribution in [0.3, 0.4) is 0 Å². The molecule has 3 heteroatoms. The van der Waals surface area contributed by atoms with Crippen molar-refractivity contribution in [3.8, 4) is 0 Å². The fourth-order valence-corrected chi connectivity index (χ4v) is 0.695. The van der Waals surface area contributed by atoms with Crippen LogP contribution in [0.4, 0.5) is 0 Å². The summed E-state index contributed by atoms with van der Waals surface area (Å²) in [4.78, 5) is 10.5. The van der Waals surface area contributed by atoms with Gasteiger partial charge >= 0.3 is 0 Å². The number of allylic oxidation sites excluding steroid dienone is 1. The largest absolute Gasteiger partial charge is 0.392 e. The molecule has 0 spiro atoms. The lowest BCUT2D eigenvalue weighted by Crippen LogP contribution is -1.98. The highest BCUT2D eigenvalue weighted by molar-refractivity contribution is 5.87. The van der Waals surface area contributed by atoms with Crippen molar-refractivity contribution in [1.82, 2.24) is 0 Å². The van der Waals surface area contributed by atoms with Crippen molar-refractivity contribution in [2.75, 3.05) is 6.61 Å². The first-order chi connectivity index (χ1) is 5.56. The van der Waals surface area contributed by atoms with Gasteiger partial charge in [0.1, 0.15) is 0 Å². The van der Waals surface area contributed by atoms with Gasteiger partial charge in [-0.1, -0.05) is 12.2 Å². The van der Waals surface area contributed by atoms with Crippen molar-refractivity contribution in [2.45, 2.75) is 20.0 Å². The molecule has 0 saturated heterocycles. The van der Waals surface area contributed by atoms with Gasteiger partial charge in [0.25, 0.3) is 0 Å². The van der Waals surface area contributed by atoms with Crippen LogP contribution < -0.4 is 0 Å². The van der Waals surface area contributed by atoms with Crippen molar-refractivity contribution in [1.29, 1.82) is 0 Å². The molecule has 0 bridgehead atoms. The minimum absolute atomic E-state index is 0.0834. The van der Waals surface area contributed by atoms with Crippen molar-refractivity contribution in [3.63, 3.8) is 0 Å². The lowest BCUT2D eigenvalue weighted by Gasteiger charge is -1.98. The Kier molecular flexibility index (Phi) is 5.25. The first-order valence-electron chi connectivity index (χ1n) is 3.74. The van der Waals surface area contributed by atoms with Crippen LogP contribution in [-0.4, -0.2) is 28.7 Å². The van der Waals surface area contributed by atoms with Crippen LogP contribution in [0.25, 0.3) is 0 Å². The van der Waals surface area contributed by atoms with Gasteiger partial charge in [0.15, 0.2) is 5.78 Å². The average Bonchev–Trinajstić information content (AvgIpc) is 1.97. The van der Waals surface area contributed by atoms with Crippen molar-refractivity contribution >= 4 is 5.78 Å². The van der Waals surface area contributed by atoms with Crippen LogP contribution in [-0.2, 0) is 4.79 Å². The molecular weight excluding hydrogens is 156 g/mol. The predicted octanol–water partition coefficient (Wildman–Crippen LogP) is 0.431. The van der Waals surface area contributed by atoms with E-state index in [9.17, 15) is 4.79 Å². The Hall–Kier alpha value is -0.930. The van der Waals surface area contributed by atoms with E-state index in [2.05, 4.69) is 0 Å². The standard InChI is InChI=1S/C9H14O3/c1-7(11)3-4-9(6-10)5-8(2)12/h3-5,8,10,12H,6H2,1-2H3/b4-3+,9-5?/t8-/m0/s1. The molecular formula is C9H14O3. The maximum absolute atomic E-state index is 10.5. The Morgan fingerprint density at radius 3 is 2.42 bits per heavy atom. The van der Waals surface area contributed by atoms with Crippen LogP contribution in [0, 0.1) is 0 Å². The number of hydrogen-bond acceptors (Lipinski definition) is 3. The summed E-state index contributed by atoms with van der Waals surface area (Å²) in [6.07, 6.45) is 3.72. The fraction of sp³-hybridized carbons (Fsp3) is 0.444. The van der Waals surface area contributed by atoms with Crippen LogP contribution in [0.5, 0.6) is 0 Å². The van der Waals surface area contributed by atoms with Gasteiger partial charge in [-0.05, 0) is 25.5 Å². The normalized spacial score (nSPS) is 15.2. The number of rotatable bonds is 4. The second kappa shape index (κ2) is 5.69. The maximum atomic E-state index is 10.5. The molecule has 0 rings (SSSR count). The first kappa shape index (κ1) is 11.1. The molecule has 0 aliphatic heterocycles. The van der Waals surface area contributed by atoms with Gasteiger partial charge in [0.05, 0.1) is 12.7 Å². The molecule has 1 atom stereocenters. The predicted molar refractivity (Wildman–Crippen MR) is 46.7 cm³/mol. The van der Waals surface area contributed by atoms with E-state index < -0.39 is 6.10 Å². The third-order valence-corrected chi connectivity index (χ3v) is 1.17. The zero-order valence-electron chi connectivity index (χ0n) is 7.32. The third-order valence-electron chi connectivity index (χ3n) is 1.17. The third kappa shape index (κ3) is 5.82. The summed E-state index contributed by atoms with van der Waals surface area (Å²) in [7, 11) is 0. The van der Waals surface area contributed by atoms with E-state index in [4.69, 9.17) is 10.2 Å². The van der Waals surface area contributed by atoms with Gasteiger partial charge in [0, 0.05) is 0 Å². The van der Waals surface area contributed by atoms with Gasteiger partial charge in [-0.15, -0.1) is 0 Å². The van der Waals surface area contributed by atoms with Gasteiger partial charge in [0.2, 0.25) is 0 Å². The summed E-state index contributed by atoms with van der Waals surface area (Å²) in [5.41, 5.74) is 0.542. The van der Waals surface area contributed by atoms with E-state index >= 15 is 0 Å². The Bertz CT molecular complexity index is 202. The SMILES string of the molecule is CC(=O)/C=C/C(=C[C@H](C)O)CO. The molecule has 0 radical (unpaired) electrons. The highest BCUT2D eigenvalue weighted by atomic mass is 16.3. The van der Waals surface area contributed by atoms with Gasteiger partial charge < -0.3 is 10.2 Å². The lowest BCUT2D eigenvalue weighted by molar-refractivity contribution is -0.112. The van der Waals surface area contributed by atoms with E-state index in [-0.39, 0.29) is 12.4 Å². The summed E-state index contributed by atoms with van der Waals surface area (Å²) in [6, 6.07) is 0. The molecule has 0 aliphatic carbocycles. The molecule has 0 aliphatic rings. The molecule has 0 aromatic rings. The topological polar surface area (TPSA) is 57.5 Å². The molecule has 0 amide bonds. The molecule has 2 N–H and O–H groups in total. The zero-order chi connectivity index (χ0) is 9.56. The minimum atomic E-state index is -0.608. The molecule has 0 saturated carbocycles. The number of aliphatic hydroxyl groups is 2. The van der Waals surface area contributed by atoms with Crippen molar-refractivity contribution in [3.05, 3.63) is 23.8 Å². The Morgan fingerprint density at radius 2 is 2.08 bits per heavy atom. The Morgan fingerprint density at radius 1 is 1.50 bits per heavy atom. The second-order valence-electron chi connectivity index (χ2n) is 2.58. The quantitative estimate of drug-likeness (QED) is 0.475. The smallest absolute Gasteiger partial charge is 0.152 e. The molecule has 0 fully saturated rings. The van der Waals surface area contributed by atoms with E-state index in [0.717, 1.165) is 0 Å². The monoisotopic (exact) mass is 170 g/mol. The summed E-state index contributed by atoms with van der Waals surface area (Å²) in [6.45, 7) is 2.83. The first-order valence-corrected chi connectivity index (χ1v) is 3.74. The molecule has 0 unspecified atom stereocenters. The van der Waals surface area contributed by atoms with Gasteiger partial charge in [-0.25, -0.2) is 0 Å². The number of carbonyl (C=O) groups excluding carboxylic acids is 1. The van der Waals surface area contributed by atoms with Crippen molar-refractivity contribution in [2.24, 2.45) is 0 Å². The number of carbonyl (C=O) groups is 1. The van der Waals surface area contributed by atoms with Crippen LogP contribution in [0.2, 0.25) is 0 Å². The Balaban J connectivity index is 4.27. The second-order valence-corrected chi connectivity index (χ2v) is 2.58. The van der Waals surface area contributed by atoms with Gasteiger partial charge in [-0.3, -0.25) is 4.79 Å². The Labute approximate surface area is 72.0 Å². The summed E-state index contributed by atoms with van der Waals surface area (Å²) in [5.74, 6) is -0.0834. The number of ketones is 1. The van der Waals surface area contributed by atoms with Gasteiger partial charge in [-0.2, -0.15) is 0 Å². The molecule has 68 valence electrons. The molecule has 0 aromatic carbocycles. The zero-order valence-corrected chi connectivity index (χ0v) is 7.32. The highest BCUT2D eigenvalue weighted by Gasteiger charge is 1.93. The minimum Gasteiger partial charge on any atom is -0.392 e. The molecule has 0 aromatic heterocycles.